The van der Waals surface area contributed by atoms with Gasteiger partial charge >= 0.3 is 0 Å². The van der Waals surface area contributed by atoms with Crippen molar-refractivity contribution in [3.05, 3.63) is 59.5 Å². The van der Waals surface area contributed by atoms with Crippen LogP contribution in [0.1, 0.15) is 49.2 Å². The first-order valence-electron chi connectivity index (χ1n) is 11.0. The van der Waals surface area contributed by atoms with Gasteiger partial charge in [-0.2, -0.15) is 0 Å². The average molecular weight is 433 g/mol. The number of nitrogens with zero attached hydrogens (tertiary/aromatic N) is 1. The van der Waals surface area contributed by atoms with Crippen molar-refractivity contribution in [2.24, 2.45) is 5.92 Å². The summed E-state index contributed by atoms with van der Waals surface area (Å²) >= 11 is 0. The van der Waals surface area contributed by atoms with Crippen LogP contribution in [0.5, 0.6) is 0 Å². The number of aliphatic hydroxyl groups is 1. The van der Waals surface area contributed by atoms with E-state index in [4.69, 9.17) is 4.42 Å². The zero-order valence-corrected chi connectivity index (χ0v) is 17.8. The van der Waals surface area contributed by atoms with Gasteiger partial charge in [0.1, 0.15) is 11.5 Å². The Morgan fingerprint density at radius 2 is 1.90 bits per heavy atom. The van der Waals surface area contributed by atoms with Gasteiger partial charge in [0.05, 0.1) is 6.54 Å². The fourth-order valence-electron chi connectivity index (χ4n) is 4.87. The first kappa shape index (κ1) is 22.0. The Morgan fingerprint density at radius 1 is 1.19 bits per heavy atom. The predicted molar refractivity (Wildman–Crippen MR) is 113 cm³/mol. The average Bonchev–Trinajstić information content (AvgIpc) is 3.34. The van der Waals surface area contributed by atoms with Gasteiger partial charge in [-0.1, -0.05) is 30.3 Å². The zero-order valence-electron chi connectivity index (χ0n) is 17.8. The molecule has 1 saturated heterocycles. The number of amides is 1. The summed E-state index contributed by atoms with van der Waals surface area (Å²) in [7, 11) is 0. The Hall–Kier alpha value is -2.25. The van der Waals surface area contributed by atoms with E-state index in [0.717, 1.165) is 44.0 Å². The van der Waals surface area contributed by atoms with E-state index in [0.29, 0.717) is 5.56 Å². The van der Waals surface area contributed by atoms with Crippen molar-refractivity contribution in [3.63, 3.8) is 0 Å². The molecule has 0 radical (unpaired) electrons. The third-order valence-corrected chi connectivity index (χ3v) is 6.65. The summed E-state index contributed by atoms with van der Waals surface area (Å²) in [5.41, 5.74) is -1.58. The Balaban J connectivity index is 1.41. The first-order chi connectivity index (χ1) is 14.8. The molecule has 1 saturated carbocycles. The number of benzene rings is 1. The smallest absolute Gasteiger partial charge is 0.257 e. The number of alkyl halides is 2. The van der Waals surface area contributed by atoms with Crippen LogP contribution in [-0.2, 0) is 16.9 Å². The molecule has 2 aliphatic rings. The minimum Gasteiger partial charge on any atom is -0.465 e. The molecule has 0 unspecified atom stereocenters. The molecule has 5 nitrogen and oxygen atoms in total. The first-order valence-corrected chi connectivity index (χ1v) is 11.0. The maximum Gasteiger partial charge on any atom is 0.257 e. The van der Waals surface area contributed by atoms with Crippen LogP contribution in [0.3, 0.4) is 0 Å². The normalized spacial score (nSPS) is 24.1. The van der Waals surface area contributed by atoms with Crippen LogP contribution in [-0.4, -0.2) is 41.0 Å². The highest BCUT2D eigenvalue weighted by Crippen LogP contribution is 2.47. The van der Waals surface area contributed by atoms with Gasteiger partial charge < -0.3 is 14.8 Å². The minimum absolute atomic E-state index is 0.0979. The van der Waals surface area contributed by atoms with Gasteiger partial charge in [0.25, 0.3) is 5.91 Å². The molecule has 1 aromatic carbocycles. The van der Waals surface area contributed by atoms with Crippen molar-refractivity contribution in [2.75, 3.05) is 13.1 Å². The summed E-state index contributed by atoms with van der Waals surface area (Å²) in [5.74, 6) is -2.42. The maximum absolute atomic E-state index is 13.9. The summed E-state index contributed by atoms with van der Waals surface area (Å²) in [4.78, 5) is 15.5. The Kier molecular flexibility index (Phi) is 6.17. The lowest BCUT2D eigenvalue weighted by molar-refractivity contribution is -0.149. The summed E-state index contributed by atoms with van der Waals surface area (Å²) in [6.45, 7) is 4.21. The molecule has 168 valence electrons. The molecule has 0 bridgehead atoms. The lowest BCUT2D eigenvalue weighted by Gasteiger charge is -2.37. The van der Waals surface area contributed by atoms with Crippen molar-refractivity contribution < 1.29 is 23.1 Å². The van der Waals surface area contributed by atoms with Crippen molar-refractivity contribution >= 4 is 5.91 Å². The Morgan fingerprint density at radius 3 is 2.48 bits per heavy atom. The minimum atomic E-state index is -2.84. The van der Waals surface area contributed by atoms with Crippen molar-refractivity contribution in [2.45, 2.75) is 63.1 Å². The molecule has 2 fully saturated rings. The number of carbonyl (C=O) groups is 1. The van der Waals surface area contributed by atoms with Crippen molar-refractivity contribution in [3.8, 4) is 0 Å². The summed E-state index contributed by atoms with van der Waals surface area (Å²) in [5, 5.41) is 14.5. The van der Waals surface area contributed by atoms with Crippen LogP contribution < -0.4 is 5.32 Å². The monoisotopic (exact) mass is 432 g/mol. The predicted octanol–water partition coefficient (Wildman–Crippen LogP) is 3.99. The molecule has 2 N–H and O–H groups in total. The van der Waals surface area contributed by atoms with Crippen LogP contribution in [0.2, 0.25) is 0 Å². The van der Waals surface area contributed by atoms with Crippen molar-refractivity contribution in [1.29, 1.82) is 0 Å². The lowest BCUT2D eigenvalue weighted by atomic mass is 9.79. The number of carbonyl (C=O) groups excluding carboxylic acids is 1. The Labute approximate surface area is 181 Å². The summed E-state index contributed by atoms with van der Waals surface area (Å²) in [6, 6.07) is 12.3. The number of piperidine rings is 1. The van der Waals surface area contributed by atoms with E-state index in [1.807, 2.05) is 19.1 Å². The third-order valence-electron chi connectivity index (χ3n) is 6.65. The van der Waals surface area contributed by atoms with Crippen LogP contribution in [0, 0.1) is 12.8 Å². The van der Waals surface area contributed by atoms with E-state index in [2.05, 4.69) is 10.2 Å². The lowest BCUT2D eigenvalue weighted by Crippen LogP contribution is -2.54. The van der Waals surface area contributed by atoms with Gasteiger partial charge in [-0.25, -0.2) is 8.78 Å². The number of nitrogens with one attached hydrogen (secondary N) is 1. The maximum atomic E-state index is 13.9. The van der Waals surface area contributed by atoms with Gasteiger partial charge in [0.15, 0.2) is 5.60 Å². The molecule has 2 atom stereocenters. The van der Waals surface area contributed by atoms with Gasteiger partial charge in [0.2, 0.25) is 5.92 Å². The van der Waals surface area contributed by atoms with E-state index in [9.17, 15) is 18.7 Å². The SMILES string of the molecule is Cc1ccc(CN2CCC(NC(=O)[C@](O)(c3ccccc3)[C@@H]3CCC(F)(F)C3)CC2)o1. The van der Waals surface area contributed by atoms with E-state index < -0.39 is 29.8 Å². The van der Waals surface area contributed by atoms with Gasteiger partial charge in [0, 0.05) is 37.9 Å². The van der Waals surface area contributed by atoms with Crippen LogP contribution in [0.4, 0.5) is 8.78 Å². The molecule has 31 heavy (non-hydrogen) atoms. The second-order valence-corrected chi connectivity index (χ2v) is 8.96. The number of furan rings is 1. The van der Waals surface area contributed by atoms with Gasteiger partial charge in [-0.3, -0.25) is 9.69 Å². The zero-order chi connectivity index (χ0) is 22.1. The third kappa shape index (κ3) is 4.83. The second kappa shape index (κ2) is 8.71. The van der Waals surface area contributed by atoms with E-state index in [-0.39, 0.29) is 18.9 Å². The largest absolute Gasteiger partial charge is 0.465 e. The fraction of sp³-hybridized carbons (Fsp3) is 0.542. The molecule has 1 aromatic heterocycles. The molecule has 7 heteroatoms. The van der Waals surface area contributed by atoms with E-state index >= 15 is 0 Å². The van der Waals surface area contributed by atoms with Crippen molar-refractivity contribution in [1.82, 2.24) is 10.2 Å². The van der Waals surface area contributed by atoms with E-state index in [1.165, 1.54) is 0 Å². The summed E-state index contributed by atoms with van der Waals surface area (Å²) < 4.78 is 33.5. The van der Waals surface area contributed by atoms with Gasteiger partial charge in [-0.05, 0) is 43.9 Å². The molecule has 4 rings (SSSR count). The van der Waals surface area contributed by atoms with E-state index in [1.54, 1.807) is 30.3 Å². The fourth-order valence-corrected chi connectivity index (χ4v) is 4.87. The molecule has 0 spiro atoms. The number of rotatable bonds is 6. The molecule has 2 heterocycles. The standard InChI is InChI=1S/C24H30F2N2O3/c1-17-7-8-21(31-17)16-28-13-10-20(11-14-28)27-22(29)24(30,18-5-3-2-4-6-18)19-9-12-23(25,26)15-19/h2-8,19-20,30H,9-16H2,1H3,(H,27,29)/t19-,24+/m1/s1. The van der Waals surface area contributed by atoms with Crippen LogP contribution >= 0.6 is 0 Å². The molecular weight excluding hydrogens is 402 g/mol. The second-order valence-electron chi connectivity index (χ2n) is 8.96. The molecular formula is C24H30F2N2O3. The van der Waals surface area contributed by atoms with Crippen LogP contribution in [0.25, 0.3) is 0 Å². The highest BCUT2D eigenvalue weighted by atomic mass is 19.3. The number of aryl methyl sites for hydroxylation is 1. The molecule has 1 aliphatic carbocycles. The highest BCUT2D eigenvalue weighted by Gasteiger charge is 2.53. The number of halogens is 2. The number of hydrogen-bond acceptors (Lipinski definition) is 4. The van der Waals surface area contributed by atoms with Gasteiger partial charge in [-0.15, -0.1) is 0 Å². The number of likely N-dealkylation sites (tertiary alicyclic amines) is 1. The molecule has 1 aliphatic heterocycles. The molecule has 2 aromatic rings. The summed E-state index contributed by atoms with van der Waals surface area (Å²) in [6.07, 6.45) is 0.804. The number of hydrogen-bond donors (Lipinski definition) is 2. The Bertz CT molecular complexity index is 893. The quantitative estimate of drug-likeness (QED) is 0.725. The van der Waals surface area contributed by atoms with Crippen LogP contribution in [0.15, 0.2) is 46.9 Å². The highest BCUT2D eigenvalue weighted by molar-refractivity contribution is 5.87. The molecule has 1 amide bonds. The topological polar surface area (TPSA) is 65.7 Å².